The van der Waals surface area contributed by atoms with Crippen molar-refractivity contribution in [3.8, 4) is 135 Å². The average Bonchev–Trinajstić information content (AvgIpc) is 0.738. The minimum Gasteiger partial charge on any atom is -0.245 e. The fraction of sp³-hybridized carbons (Fsp3) is 0. The molecule has 0 N–H and O–H groups in total. The van der Waals surface area contributed by atoms with Crippen molar-refractivity contribution in [2.24, 2.45) is 0 Å². The number of hydrogen-bond donors (Lipinski definition) is 0. The van der Waals surface area contributed by atoms with Crippen LogP contribution in [0.25, 0.3) is 222 Å². The summed E-state index contributed by atoms with van der Waals surface area (Å²) in [6.45, 7) is 0. The van der Waals surface area contributed by atoms with Crippen molar-refractivity contribution in [2.45, 2.75) is 0 Å². The van der Waals surface area contributed by atoms with Crippen LogP contribution in [0.15, 0.2) is 413 Å². The molecule has 0 atom stereocenters. The summed E-state index contributed by atoms with van der Waals surface area (Å²) in [7, 11) is 0. The molecule has 22 rings (SSSR count). The highest BCUT2D eigenvalue weighted by atomic mass is 14.9. The molecule has 0 aliphatic rings. The Kier molecular flexibility index (Phi) is 17.4. The van der Waals surface area contributed by atoms with Crippen molar-refractivity contribution in [1.82, 2.24) is 39.9 Å². The molecule has 0 bridgehead atoms. The fourth-order valence-electron chi connectivity index (χ4n) is 16.4. The minimum absolute atomic E-state index is 0.686. The van der Waals surface area contributed by atoms with Crippen molar-refractivity contribution < 1.29 is 0 Å². The molecule has 0 unspecified atom stereocenters. The molecule has 0 spiro atoms. The van der Waals surface area contributed by atoms with Crippen molar-refractivity contribution in [3.05, 3.63) is 413 Å². The monoisotopic (exact) mass is 1480 g/mol. The van der Waals surface area contributed by atoms with Crippen LogP contribution in [-0.2, 0) is 0 Å². The predicted octanol–water partition coefficient (Wildman–Crippen LogP) is 27.8. The Balaban J connectivity index is 0.000000145. The van der Waals surface area contributed by atoms with Crippen LogP contribution in [0.2, 0.25) is 0 Å². The Bertz CT molecular complexity index is 7520. The van der Waals surface area contributed by atoms with Gasteiger partial charge in [0.1, 0.15) is 0 Å². The summed E-state index contributed by atoms with van der Waals surface area (Å²) in [5, 5.41) is 11.0. The van der Waals surface area contributed by atoms with Crippen molar-refractivity contribution >= 4 is 87.0 Å². The van der Waals surface area contributed by atoms with Gasteiger partial charge < -0.3 is 0 Å². The molecule has 16 aromatic carbocycles. The second kappa shape index (κ2) is 29.6. The second-order valence-electron chi connectivity index (χ2n) is 29.2. The van der Waals surface area contributed by atoms with E-state index >= 15 is 0 Å². The maximum atomic E-state index is 5.42. The second-order valence-corrected chi connectivity index (χ2v) is 29.2. The lowest BCUT2D eigenvalue weighted by Gasteiger charge is -2.15. The number of para-hydroxylation sites is 2. The lowest BCUT2D eigenvalue weighted by atomic mass is 9.94. The highest BCUT2D eigenvalue weighted by Crippen LogP contribution is 2.43. The molecule has 8 nitrogen and oxygen atoms in total. The van der Waals surface area contributed by atoms with E-state index in [2.05, 4.69) is 364 Å². The molecule has 0 aliphatic carbocycles. The SMILES string of the molecule is c1ccc(-c2ccc(-c3cc(-c4ccc(-c5ccc6ccc7c(-c8ccccc8)c8ccccc8nc7c6n5)c5ccccc45)nc(-c4ccccc4)n3)cc2)cc1.c1ccc(-c2ccc(-c3cc(-c4ccc5cc(-c6ccc7ccc8c(-c9ccccc9)c9ccccc9nc8c7n6)ccc5c4)nc(-c4ccccc4)n3)cc2)cc1. The largest absolute Gasteiger partial charge is 0.245 e. The molecule has 6 heterocycles. The third kappa shape index (κ3) is 12.9. The standard InChI is InChI=1S/2C54H34N4/c1-4-14-35(15-5-1)36-24-26-37(27-25-36)49-34-50(58-54(57-49)40-18-8-3-9-19-40)44-32-31-43(41-20-10-11-21-42(41)44)48-33-29-39-28-30-46-51(38-16-6-2-7-17-38)45-22-12-13-23-47(45)56-53(46)52(39)55-48;1-4-12-35(13-5-1)36-20-22-37(23-21-36)49-34-50(58-54(57-49)40-16-8-3-9-17-40)44-27-25-41-32-43(26-24-42(41)33-44)47-31-29-39-28-30-46-51(38-14-6-2-7-15-38)45-18-10-11-19-48(45)56-53(46)52(39)55-47/h2*1-34H. The first-order chi connectivity index (χ1) is 57.5. The Morgan fingerprint density at radius 3 is 0.888 bits per heavy atom. The summed E-state index contributed by atoms with van der Waals surface area (Å²) >= 11 is 0. The zero-order chi connectivity index (χ0) is 76.8. The molecule has 0 aliphatic heterocycles. The number of fused-ring (bicyclic) bond motifs is 10. The molecule has 0 fully saturated rings. The normalized spacial score (nSPS) is 11.4. The third-order valence-corrected chi connectivity index (χ3v) is 22.1. The topological polar surface area (TPSA) is 103 Å². The van der Waals surface area contributed by atoms with E-state index in [4.69, 9.17) is 39.9 Å². The molecule has 6 aromatic heterocycles. The Morgan fingerprint density at radius 2 is 0.440 bits per heavy atom. The number of pyridine rings is 4. The first-order valence-electron chi connectivity index (χ1n) is 39.1. The molecule has 0 amide bonds. The van der Waals surface area contributed by atoms with Gasteiger partial charge in [0.25, 0.3) is 0 Å². The van der Waals surface area contributed by atoms with Crippen molar-refractivity contribution in [2.75, 3.05) is 0 Å². The van der Waals surface area contributed by atoms with E-state index in [1.807, 2.05) is 48.5 Å². The first kappa shape index (κ1) is 68.4. The summed E-state index contributed by atoms with van der Waals surface area (Å²) in [4.78, 5) is 41.7. The van der Waals surface area contributed by atoms with Crippen LogP contribution in [0.3, 0.4) is 0 Å². The number of benzene rings is 16. The van der Waals surface area contributed by atoms with E-state index < -0.39 is 0 Å². The highest BCUT2D eigenvalue weighted by molar-refractivity contribution is 6.18. The van der Waals surface area contributed by atoms with Gasteiger partial charge in [0.15, 0.2) is 11.6 Å². The molecule has 8 heteroatoms. The molecular formula is C108H68N8. The summed E-state index contributed by atoms with van der Waals surface area (Å²) in [6, 6.07) is 144. The predicted molar refractivity (Wildman–Crippen MR) is 481 cm³/mol. The molecular weight excluding hydrogens is 1410 g/mol. The van der Waals surface area contributed by atoms with Gasteiger partial charge in [-0.15, -0.1) is 0 Å². The average molecular weight is 1480 g/mol. The fourth-order valence-corrected chi connectivity index (χ4v) is 16.4. The van der Waals surface area contributed by atoms with Gasteiger partial charge in [-0.2, -0.15) is 0 Å². The minimum atomic E-state index is 0.686. The zero-order valence-corrected chi connectivity index (χ0v) is 62.8. The molecule has 22 aromatic rings. The molecule has 0 radical (unpaired) electrons. The molecule has 116 heavy (non-hydrogen) atoms. The van der Waals surface area contributed by atoms with E-state index in [1.54, 1.807) is 0 Å². The van der Waals surface area contributed by atoms with Crippen LogP contribution in [-0.4, -0.2) is 39.9 Å². The summed E-state index contributed by atoms with van der Waals surface area (Å²) in [5.41, 5.74) is 28.4. The lowest BCUT2D eigenvalue weighted by molar-refractivity contribution is 1.18. The quantitative estimate of drug-likeness (QED) is 0.0880. The third-order valence-electron chi connectivity index (χ3n) is 22.1. The van der Waals surface area contributed by atoms with E-state index in [0.717, 1.165) is 171 Å². The molecule has 0 saturated heterocycles. The Hall–Kier alpha value is -15.6. The first-order valence-corrected chi connectivity index (χ1v) is 39.1. The van der Waals surface area contributed by atoms with Crippen molar-refractivity contribution in [1.29, 1.82) is 0 Å². The van der Waals surface area contributed by atoms with E-state index in [0.29, 0.717) is 11.6 Å². The van der Waals surface area contributed by atoms with E-state index in [1.165, 1.54) is 38.9 Å². The highest BCUT2D eigenvalue weighted by Gasteiger charge is 2.21. The Morgan fingerprint density at radius 1 is 0.138 bits per heavy atom. The number of hydrogen-bond acceptors (Lipinski definition) is 8. The zero-order valence-electron chi connectivity index (χ0n) is 62.8. The van der Waals surface area contributed by atoms with Gasteiger partial charge in [-0.25, -0.2) is 39.9 Å². The maximum absolute atomic E-state index is 5.42. The van der Waals surface area contributed by atoms with Gasteiger partial charge in [-0.05, 0) is 103 Å². The van der Waals surface area contributed by atoms with Gasteiger partial charge in [0, 0.05) is 88.0 Å². The summed E-state index contributed by atoms with van der Waals surface area (Å²) in [6.07, 6.45) is 0. The lowest BCUT2D eigenvalue weighted by Crippen LogP contribution is -1.97. The van der Waals surface area contributed by atoms with Crippen LogP contribution in [0.5, 0.6) is 0 Å². The van der Waals surface area contributed by atoms with E-state index in [9.17, 15) is 0 Å². The summed E-state index contributed by atoms with van der Waals surface area (Å²) < 4.78 is 0. The smallest absolute Gasteiger partial charge is 0.160 e. The van der Waals surface area contributed by atoms with Crippen LogP contribution < -0.4 is 0 Å². The molecule has 0 saturated carbocycles. The van der Waals surface area contributed by atoms with Gasteiger partial charge in [0.2, 0.25) is 0 Å². The number of aromatic nitrogens is 8. The van der Waals surface area contributed by atoms with Crippen molar-refractivity contribution in [3.63, 3.8) is 0 Å². The van der Waals surface area contributed by atoms with Gasteiger partial charge in [0.05, 0.1) is 67.3 Å². The van der Waals surface area contributed by atoms with Crippen LogP contribution in [0, 0.1) is 0 Å². The Labute approximate surface area is 669 Å². The van der Waals surface area contributed by atoms with Gasteiger partial charge in [-0.3, -0.25) is 0 Å². The molecule has 540 valence electrons. The van der Waals surface area contributed by atoms with Gasteiger partial charge >= 0.3 is 0 Å². The number of nitrogens with zero attached hydrogens (tertiary/aromatic N) is 8. The van der Waals surface area contributed by atoms with Crippen LogP contribution in [0.1, 0.15) is 0 Å². The summed E-state index contributed by atoms with van der Waals surface area (Å²) in [5.74, 6) is 1.38. The van der Waals surface area contributed by atoms with Gasteiger partial charge in [-0.1, -0.05) is 364 Å². The maximum Gasteiger partial charge on any atom is 0.160 e. The van der Waals surface area contributed by atoms with Crippen LogP contribution in [0.4, 0.5) is 0 Å². The van der Waals surface area contributed by atoms with E-state index in [-0.39, 0.29) is 0 Å². The van der Waals surface area contributed by atoms with Crippen LogP contribution >= 0.6 is 0 Å². The number of rotatable bonds is 12.